The van der Waals surface area contributed by atoms with Crippen LogP contribution in [-0.4, -0.2) is 25.1 Å². The summed E-state index contributed by atoms with van der Waals surface area (Å²) in [4.78, 5) is 0.311. The third-order valence-electron chi connectivity index (χ3n) is 6.51. The summed E-state index contributed by atoms with van der Waals surface area (Å²) >= 11 is 2.19. The Kier molecular flexibility index (Phi) is 6.76. The Balaban J connectivity index is 1.94. The number of aromatic nitrogens is 1. The van der Waals surface area contributed by atoms with Gasteiger partial charge in [-0.25, -0.2) is 12.4 Å². The number of fused-ring (bicyclic) bond motifs is 1. The summed E-state index contributed by atoms with van der Waals surface area (Å²) in [5, 5.41) is 1.01. The molecule has 1 aliphatic rings. The number of aryl methyl sites for hydroxylation is 1. The zero-order chi connectivity index (χ0) is 23.1. The fourth-order valence-electron chi connectivity index (χ4n) is 5.07. The summed E-state index contributed by atoms with van der Waals surface area (Å²) in [6.07, 6.45) is 4.26. The topological polar surface area (TPSA) is 48.3 Å². The standard InChI is InChI=1S/C26H32INO3S/c1-5-20-21-15-14-18(24(26(2,3)4)23-13-9-10-16-31-23)17-22(21)28(25(20)27)32(29,30)19-11-7-6-8-12-19/h6-8,11-12,14-15,17,23-24H,5,9-10,13,16H2,1-4H3. The summed E-state index contributed by atoms with van der Waals surface area (Å²) < 4.78 is 36.0. The quantitative estimate of drug-likeness (QED) is 0.322. The SMILES string of the molecule is CCc1c(I)n(S(=O)(=O)c2ccccc2)c2cc(C(C3CCCCO3)C(C)(C)C)ccc12. The highest BCUT2D eigenvalue weighted by Gasteiger charge is 2.36. The van der Waals surface area contributed by atoms with Crippen molar-refractivity contribution in [2.75, 3.05) is 6.61 Å². The second-order valence-corrected chi connectivity index (χ2v) is 12.5. The molecule has 4 nitrogen and oxygen atoms in total. The molecule has 2 atom stereocenters. The Hall–Kier alpha value is -1.38. The molecule has 3 aromatic rings. The van der Waals surface area contributed by atoms with Gasteiger partial charge in [0.25, 0.3) is 10.0 Å². The van der Waals surface area contributed by atoms with E-state index in [0.29, 0.717) is 4.90 Å². The summed E-state index contributed by atoms with van der Waals surface area (Å²) in [6.45, 7) is 9.64. The Bertz CT molecular complexity index is 1200. The van der Waals surface area contributed by atoms with Crippen molar-refractivity contribution in [3.63, 3.8) is 0 Å². The molecule has 2 aromatic carbocycles. The fraction of sp³-hybridized carbons (Fsp3) is 0.462. The largest absolute Gasteiger partial charge is 0.378 e. The lowest BCUT2D eigenvalue weighted by molar-refractivity contribution is -0.0244. The van der Waals surface area contributed by atoms with Gasteiger partial charge in [0.15, 0.2) is 0 Å². The van der Waals surface area contributed by atoms with Crippen LogP contribution >= 0.6 is 22.6 Å². The first-order valence-corrected chi connectivity index (χ1v) is 13.9. The number of nitrogens with zero attached hydrogens (tertiary/aromatic N) is 1. The van der Waals surface area contributed by atoms with E-state index >= 15 is 0 Å². The molecule has 0 bridgehead atoms. The van der Waals surface area contributed by atoms with Crippen LogP contribution < -0.4 is 0 Å². The van der Waals surface area contributed by atoms with Gasteiger partial charge in [-0.1, -0.05) is 58.0 Å². The van der Waals surface area contributed by atoms with Gasteiger partial charge in [-0.3, -0.25) is 0 Å². The maximum Gasteiger partial charge on any atom is 0.269 e. The average molecular weight is 566 g/mol. The lowest BCUT2D eigenvalue weighted by Gasteiger charge is -2.39. The molecule has 0 radical (unpaired) electrons. The summed E-state index contributed by atoms with van der Waals surface area (Å²) in [5.74, 6) is 0.192. The summed E-state index contributed by atoms with van der Waals surface area (Å²) in [7, 11) is -3.71. The van der Waals surface area contributed by atoms with Gasteiger partial charge in [-0.15, -0.1) is 0 Å². The minimum atomic E-state index is -3.71. The zero-order valence-corrected chi connectivity index (χ0v) is 22.2. The predicted octanol–water partition coefficient (Wildman–Crippen LogP) is 6.74. The Labute approximate surface area is 205 Å². The molecule has 1 fully saturated rings. The van der Waals surface area contributed by atoms with Gasteiger partial charge < -0.3 is 4.74 Å². The van der Waals surface area contributed by atoms with E-state index in [1.165, 1.54) is 6.42 Å². The molecule has 6 heteroatoms. The van der Waals surface area contributed by atoms with Gasteiger partial charge in [0.1, 0.15) is 0 Å². The smallest absolute Gasteiger partial charge is 0.269 e. The summed E-state index contributed by atoms with van der Waals surface area (Å²) in [6, 6.07) is 15.1. The lowest BCUT2D eigenvalue weighted by atomic mass is 9.71. The van der Waals surface area contributed by atoms with Crippen molar-refractivity contribution in [2.24, 2.45) is 5.41 Å². The van der Waals surface area contributed by atoms with Crippen LogP contribution in [0, 0.1) is 9.12 Å². The van der Waals surface area contributed by atoms with Crippen molar-refractivity contribution < 1.29 is 13.2 Å². The van der Waals surface area contributed by atoms with Crippen molar-refractivity contribution >= 4 is 43.5 Å². The van der Waals surface area contributed by atoms with Gasteiger partial charge in [0.2, 0.25) is 0 Å². The van der Waals surface area contributed by atoms with Crippen LogP contribution in [-0.2, 0) is 21.2 Å². The van der Waals surface area contributed by atoms with E-state index < -0.39 is 10.0 Å². The highest BCUT2D eigenvalue weighted by atomic mass is 127. The molecule has 4 rings (SSSR count). The van der Waals surface area contributed by atoms with E-state index in [-0.39, 0.29) is 17.4 Å². The van der Waals surface area contributed by atoms with Crippen LogP contribution in [0.4, 0.5) is 0 Å². The average Bonchev–Trinajstić information content (AvgIpc) is 3.05. The molecule has 32 heavy (non-hydrogen) atoms. The molecule has 2 unspecified atom stereocenters. The van der Waals surface area contributed by atoms with Crippen molar-refractivity contribution in [1.29, 1.82) is 0 Å². The Morgan fingerprint density at radius 1 is 1.12 bits per heavy atom. The van der Waals surface area contributed by atoms with E-state index in [4.69, 9.17) is 4.74 Å². The van der Waals surface area contributed by atoms with E-state index in [2.05, 4.69) is 68.5 Å². The number of ether oxygens (including phenoxy) is 1. The number of hydrogen-bond acceptors (Lipinski definition) is 3. The van der Waals surface area contributed by atoms with Crippen molar-refractivity contribution in [3.8, 4) is 0 Å². The van der Waals surface area contributed by atoms with E-state index in [1.54, 1.807) is 28.2 Å². The predicted molar refractivity (Wildman–Crippen MR) is 139 cm³/mol. The van der Waals surface area contributed by atoms with Gasteiger partial charge in [-0.2, -0.15) is 0 Å². The zero-order valence-electron chi connectivity index (χ0n) is 19.3. The van der Waals surface area contributed by atoms with Gasteiger partial charge in [0.05, 0.1) is 20.2 Å². The maximum absolute atomic E-state index is 13.7. The first kappa shape index (κ1) is 23.8. The fourth-order valence-corrected chi connectivity index (χ4v) is 8.23. The summed E-state index contributed by atoms with van der Waals surface area (Å²) in [5.41, 5.74) is 2.98. The van der Waals surface area contributed by atoms with Crippen LogP contribution in [0.3, 0.4) is 0 Å². The highest BCUT2D eigenvalue weighted by molar-refractivity contribution is 14.1. The number of benzene rings is 2. The third kappa shape index (κ3) is 4.26. The third-order valence-corrected chi connectivity index (χ3v) is 9.70. The molecular formula is C26H32INO3S. The first-order chi connectivity index (χ1) is 15.2. The minimum absolute atomic E-state index is 0.00779. The van der Waals surface area contributed by atoms with Crippen LogP contribution in [0.5, 0.6) is 0 Å². The van der Waals surface area contributed by atoms with Gasteiger partial charge in [-0.05, 0) is 83.0 Å². The Morgan fingerprint density at radius 2 is 1.84 bits per heavy atom. The maximum atomic E-state index is 13.7. The van der Waals surface area contributed by atoms with E-state index in [9.17, 15) is 8.42 Å². The monoisotopic (exact) mass is 565 g/mol. The lowest BCUT2D eigenvalue weighted by Crippen LogP contribution is -2.34. The van der Waals surface area contributed by atoms with Crippen LogP contribution in [0.2, 0.25) is 0 Å². The molecule has 0 amide bonds. The Morgan fingerprint density at radius 3 is 2.44 bits per heavy atom. The molecule has 0 aliphatic carbocycles. The number of halogens is 1. The first-order valence-electron chi connectivity index (χ1n) is 11.4. The molecule has 0 N–H and O–H groups in total. The van der Waals surface area contributed by atoms with Crippen molar-refractivity contribution in [3.05, 3.63) is 63.4 Å². The minimum Gasteiger partial charge on any atom is -0.378 e. The van der Waals surface area contributed by atoms with Crippen LogP contribution in [0.25, 0.3) is 10.9 Å². The second kappa shape index (κ2) is 9.11. The molecular weight excluding hydrogens is 533 g/mol. The molecule has 0 spiro atoms. The molecule has 2 heterocycles. The van der Waals surface area contributed by atoms with Crippen molar-refractivity contribution in [1.82, 2.24) is 3.97 Å². The molecule has 1 saturated heterocycles. The number of hydrogen-bond donors (Lipinski definition) is 0. The number of rotatable bonds is 5. The highest BCUT2D eigenvalue weighted by Crippen LogP contribution is 2.43. The molecule has 172 valence electrons. The van der Waals surface area contributed by atoms with Gasteiger partial charge >= 0.3 is 0 Å². The van der Waals surface area contributed by atoms with E-state index in [0.717, 1.165) is 51.6 Å². The molecule has 1 aliphatic heterocycles. The second-order valence-electron chi connectivity index (χ2n) is 9.73. The van der Waals surface area contributed by atoms with Crippen LogP contribution in [0.1, 0.15) is 64.0 Å². The molecule has 1 aromatic heterocycles. The van der Waals surface area contributed by atoms with Crippen LogP contribution in [0.15, 0.2) is 53.4 Å². The normalized spacial score (nSPS) is 18.7. The van der Waals surface area contributed by atoms with Crippen molar-refractivity contribution in [2.45, 2.75) is 70.3 Å². The van der Waals surface area contributed by atoms with E-state index in [1.807, 2.05) is 6.07 Å². The molecule has 0 saturated carbocycles. The van der Waals surface area contributed by atoms with Gasteiger partial charge in [0, 0.05) is 17.9 Å².